The normalized spacial score (nSPS) is 26.4. The molecule has 14 heavy (non-hydrogen) atoms. The van der Waals surface area contributed by atoms with Gasteiger partial charge >= 0.3 is 13.6 Å². The largest absolute Gasteiger partial charge is 0.480 e. The first-order chi connectivity index (χ1) is 6.38. The lowest BCUT2D eigenvalue weighted by molar-refractivity contribution is -0.139. The van der Waals surface area contributed by atoms with Gasteiger partial charge in [0.05, 0.1) is 0 Å². The molecule has 0 amide bonds. The maximum Gasteiger partial charge on any atom is 0.349 e. The Hall–Kier alpha value is -0.680. The Morgan fingerprint density at radius 1 is 1.57 bits per heavy atom. The maximum atomic E-state index is 10.6. The van der Waals surface area contributed by atoms with Gasteiger partial charge < -0.3 is 20.2 Å². The van der Waals surface area contributed by atoms with Gasteiger partial charge in [-0.3, -0.25) is 9.36 Å². The van der Waals surface area contributed by atoms with Crippen LogP contribution in [0.25, 0.3) is 0 Å². The molecule has 7 heteroatoms. The Kier molecular flexibility index (Phi) is 3.44. The zero-order valence-corrected chi connectivity index (χ0v) is 8.28. The third-order valence-electron chi connectivity index (χ3n) is 1.95. The minimum atomic E-state index is -4.17. The molecule has 1 fully saturated rings. The highest BCUT2D eigenvalue weighted by Gasteiger charge is 2.24. The van der Waals surface area contributed by atoms with Crippen molar-refractivity contribution in [3.05, 3.63) is 11.4 Å². The van der Waals surface area contributed by atoms with Crippen molar-refractivity contribution < 1.29 is 24.3 Å². The van der Waals surface area contributed by atoms with Crippen LogP contribution in [0.4, 0.5) is 0 Å². The molecule has 0 radical (unpaired) electrons. The molecule has 0 aromatic rings. The lowest BCUT2D eigenvalue weighted by atomic mass is 10.0. The molecule has 1 saturated heterocycles. The van der Waals surface area contributed by atoms with E-state index in [1.54, 1.807) is 0 Å². The summed E-state index contributed by atoms with van der Waals surface area (Å²) in [5.74, 6) is -0.134. The summed E-state index contributed by atoms with van der Waals surface area (Å²) in [6.07, 6.45) is 0.634. The fourth-order valence-electron chi connectivity index (χ4n) is 1.37. The van der Waals surface area contributed by atoms with E-state index in [2.05, 4.69) is 5.32 Å². The molecule has 1 atom stereocenters. The van der Waals surface area contributed by atoms with E-state index in [1.165, 1.54) is 0 Å². The molecule has 0 aromatic heterocycles. The van der Waals surface area contributed by atoms with Crippen LogP contribution in [-0.2, 0) is 9.36 Å². The Labute approximate surface area is 80.8 Å². The highest BCUT2D eigenvalue weighted by atomic mass is 31.2. The predicted octanol–water partition coefficient (Wildman–Crippen LogP) is -0.115. The highest BCUT2D eigenvalue weighted by molar-refractivity contribution is 7.55. The molecule has 1 aliphatic rings. The number of aliphatic carboxylic acids is 1. The Balaban J connectivity index is 2.70. The van der Waals surface area contributed by atoms with Crippen molar-refractivity contribution in [1.82, 2.24) is 5.32 Å². The van der Waals surface area contributed by atoms with Crippen LogP contribution >= 0.6 is 7.60 Å². The molecule has 1 rings (SSSR count). The fourth-order valence-corrected chi connectivity index (χ4v) is 2.08. The molecule has 0 spiro atoms. The third kappa shape index (κ3) is 3.59. The van der Waals surface area contributed by atoms with Crippen LogP contribution in [0.3, 0.4) is 0 Å². The van der Waals surface area contributed by atoms with Gasteiger partial charge in [0.25, 0.3) is 0 Å². The molecule has 0 aliphatic carbocycles. The molecule has 0 bridgehead atoms. The molecule has 0 saturated carbocycles. The predicted molar refractivity (Wildman–Crippen MR) is 48.8 cm³/mol. The fraction of sp³-hybridized carbons (Fsp3) is 0.571. The molecule has 1 aliphatic heterocycles. The topological polar surface area (TPSA) is 107 Å². The Bertz CT molecular complexity index is 307. The number of piperidine rings is 1. The standard InChI is InChI=1S/C7H12NO5P/c9-7(10)6-3-5(1-2-8-6)4-14(11,12)13/h4,6,8H,1-3H2,(H,9,10)(H2,11,12,13)/b5-4-. The zero-order valence-electron chi connectivity index (χ0n) is 7.38. The van der Waals surface area contributed by atoms with E-state index in [0.717, 1.165) is 5.82 Å². The van der Waals surface area contributed by atoms with Crippen LogP contribution in [0.1, 0.15) is 12.8 Å². The summed E-state index contributed by atoms with van der Waals surface area (Å²) in [6.45, 7) is 0.433. The van der Waals surface area contributed by atoms with Crippen LogP contribution in [0.5, 0.6) is 0 Å². The minimum Gasteiger partial charge on any atom is -0.480 e. The second-order valence-electron chi connectivity index (χ2n) is 3.18. The van der Waals surface area contributed by atoms with Crippen molar-refractivity contribution in [2.24, 2.45) is 0 Å². The number of hydrogen-bond donors (Lipinski definition) is 4. The van der Waals surface area contributed by atoms with Gasteiger partial charge in [-0.25, -0.2) is 0 Å². The average Bonchev–Trinajstić information content (AvgIpc) is 2.01. The molecule has 1 unspecified atom stereocenters. The Morgan fingerprint density at radius 3 is 2.71 bits per heavy atom. The van der Waals surface area contributed by atoms with E-state index >= 15 is 0 Å². The van der Waals surface area contributed by atoms with Gasteiger partial charge in [-0.1, -0.05) is 5.57 Å². The first-order valence-electron chi connectivity index (χ1n) is 4.10. The number of nitrogens with one attached hydrogen (secondary N) is 1. The molecule has 1 heterocycles. The van der Waals surface area contributed by atoms with E-state index in [1.807, 2.05) is 0 Å². The molecular weight excluding hydrogens is 209 g/mol. The van der Waals surface area contributed by atoms with Gasteiger partial charge in [0.2, 0.25) is 0 Å². The minimum absolute atomic E-state index is 0.153. The molecule has 0 aromatic carbocycles. The lowest BCUT2D eigenvalue weighted by Gasteiger charge is -2.22. The van der Waals surface area contributed by atoms with Crippen molar-refractivity contribution >= 4 is 13.6 Å². The maximum absolute atomic E-state index is 10.6. The SMILES string of the molecule is O=C(O)C1C/C(=C\P(=O)(O)O)CCN1. The van der Waals surface area contributed by atoms with Gasteiger partial charge in [0, 0.05) is 5.82 Å². The third-order valence-corrected chi connectivity index (χ3v) is 2.65. The van der Waals surface area contributed by atoms with Crippen LogP contribution in [0, 0.1) is 0 Å². The van der Waals surface area contributed by atoms with Crippen LogP contribution < -0.4 is 5.32 Å². The summed E-state index contributed by atoms with van der Waals surface area (Å²) in [7, 11) is -4.17. The van der Waals surface area contributed by atoms with E-state index in [4.69, 9.17) is 14.9 Å². The monoisotopic (exact) mass is 221 g/mol. The van der Waals surface area contributed by atoms with Crippen molar-refractivity contribution in [3.63, 3.8) is 0 Å². The average molecular weight is 221 g/mol. The number of hydrogen-bond acceptors (Lipinski definition) is 3. The number of carbonyl (C=O) groups is 1. The zero-order chi connectivity index (χ0) is 10.8. The summed E-state index contributed by atoms with van der Waals surface area (Å²) in [6, 6.07) is -0.735. The lowest BCUT2D eigenvalue weighted by Crippen LogP contribution is -2.41. The molecule has 4 N–H and O–H groups in total. The summed E-state index contributed by atoms with van der Waals surface area (Å²) in [4.78, 5) is 27.9. The van der Waals surface area contributed by atoms with Crippen molar-refractivity contribution in [3.8, 4) is 0 Å². The van der Waals surface area contributed by atoms with E-state index in [9.17, 15) is 9.36 Å². The second-order valence-corrected chi connectivity index (χ2v) is 4.61. The summed E-state index contributed by atoms with van der Waals surface area (Å²) >= 11 is 0. The highest BCUT2D eigenvalue weighted by Crippen LogP contribution is 2.39. The van der Waals surface area contributed by atoms with Crippen LogP contribution in [0.2, 0.25) is 0 Å². The number of carboxylic acids is 1. The van der Waals surface area contributed by atoms with Crippen molar-refractivity contribution in [1.29, 1.82) is 0 Å². The first-order valence-corrected chi connectivity index (χ1v) is 5.78. The van der Waals surface area contributed by atoms with Crippen molar-refractivity contribution in [2.45, 2.75) is 18.9 Å². The summed E-state index contributed by atoms with van der Waals surface area (Å²) < 4.78 is 10.6. The summed E-state index contributed by atoms with van der Waals surface area (Å²) in [5.41, 5.74) is 0.504. The van der Waals surface area contributed by atoms with Gasteiger partial charge in [0.15, 0.2) is 0 Å². The molecular formula is C7H12NO5P. The molecule has 80 valence electrons. The van der Waals surface area contributed by atoms with Gasteiger partial charge in [0.1, 0.15) is 6.04 Å². The number of rotatable bonds is 2. The summed E-state index contributed by atoms with van der Waals surface area (Å²) in [5, 5.41) is 11.4. The van der Waals surface area contributed by atoms with Crippen molar-refractivity contribution in [2.75, 3.05) is 6.54 Å². The smallest absolute Gasteiger partial charge is 0.349 e. The first kappa shape index (κ1) is 11.4. The Morgan fingerprint density at radius 2 is 2.21 bits per heavy atom. The number of carboxylic acid groups (broad SMARTS) is 1. The van der Waals surface area contributed by atoms with Crippen LogP contribution in [0.15, 0.2) is 11.4 Å². The van der Waals surface area contributed by atoms with Gasteiger partial charge in [-0.15, -0.1) is 0 Å². The van der Waals surface area contributed by atoms with Gasteiger partial charge in [-0.2, -0.15) is 0 Å². The van der Waals surface area contributed by atoms with Crippen LogP contribution in [-0.4, -0.2) is 33.4 Å². The van der Waals surface area contributed by atoms with E-state index < -0.39 is 19.6 Å². The van der Waals surface area contributed by atoms with Gasteiger partial charge in [-0.05, 0) is 19.4 Å². The van der Waals surface area contributed by atoms with E-state index in [0.29, 0.717) is 18.5 Å². The second kappa shape index (κ2) is 4.23. The quantitative estimate of drug-likeness (QED) is 0.484. The van der Waals surface area contributed by atoms with E-state index in [-0.39, 0.29) is 6.42 Å². The molecule has 6 nitrogen and oxygen atoms in total.